The lowest BCUT2D eigenvalue weighted by atomic mass is 10.2. The predicted molar refractivity (Wildman–Crippen MR) is 137 cm³/mol. The smallest absolute Gasteiger partial charge is 0.286 e. The molecule has 0 aliphatic heterocycles. The minimum atomic E-state index is -0.633. The molecule has 0 saturated heterocycles. The van der Waals surface area contributed by atoms with E-state index in [0.717, 1.165) is 17.1 Å². The fourth-order valence-electron chi connectivity index (χ4n) is 3.80. The molecule has 0 saturated carbocycles. The van der Waals surface area contributed by atoms with Gasteiger partial charge in [0, 0.05) is 42.7 Å². The summed E-state index contributed by atoms with van der Waals surface area (Å²) in [7, 11) is 3.11. The number of carbonyl (C=O) groups excluding carboxylic acids is 2. The summed E-state index contributed by atoms with van der Waals surface area (Å²) in [5.74, 6) is -0.699. The monoisotopic (exact) mass is 502 g/mol. The Morgan fingerprint density at radius 1 is 0.973 bits per heavy atom. The third-order valence-electron chi connectivity index (χ3n) is 5.70. The number of fused-ring (bicyclic) bond motifs is 2. The lowest BCUT2D eigenvalue weighted by Gasteiger charge is -2.10. The topological polar surface area (TPSA) is 139 Å². The van der Waals surface area contributed by atoms with E-state index < -0.39 is 5.82 Å². The van der Waals surface area contributed by atoms with Crippen LogP contribution in [-0.4, -0.2) is 45.7 Å². The van der Waals surface area contributed by atoms with Gasteiger partial charge in [-0.15, -0.1) is 0 Å². The van der Waals surface area contributed by atoms with Crippen LogP contribution in [0.4, 0.5) is 27.5 Å². The number of aromatic nitrogens is 4. The van der Waals surface area contributed by atoms with Crippen LogP contribution in [0.5, 0.6) is 0 Å². The molecule has 0 fully saturated rings. The van der Waals surface area contributed by atoms with Gasteiger partial charge in [0.2, 0.25) is 11.9 Å². The molecule has 0 atom stereocenters. The maximum absolute atomic E-state index is 14.5. The van der Waals surface area contributed by atoms with Crippen molar-refractivity contribution in [2.24, 2.45) is 0 Å². The number of hydrogen-bond acceptors (Lipinski definition) is 8. The molecule has 0 aliphatic rings. The summed E-state index contributed by atoms with van der Waals surface area (Å²) in [4.78, 5) is 31.8. The van der Waals surface area contributed by atoms with Crippen LogP contribution in [0.25, 0.3) is 21.9 Å². The number of aryl methyl sites for hydroxylation is 1. The van der Waals surface area contributed by atoms with E-state index >= 15 is 0 Å². The van der Waals surface area contributed by atoms with Gasteiger partial charge in [0.05, 0.1) is 24.5 Å². The molecule has 2 aromatic carbocycles. The number of carbonyl (C=O) groups is 2. The largest absolute Gasteiger partial charge is 0.451 e. The Bertz CT molecular complexity index is 1630. The summed E-state index contributed by atoms with van der Waals surface area (Å²) in [5.41, 5.74) is 2.59. The van der Waals surface area contributed by atoms with Crippen molar-refractivity contribution in [3.05, 3.63) is 66.4 Å². The quantitative estimate of drug-likeness (QED) is 0.252. The minimum absolute atomic E-state index is 0.0245. The molecule has 5 rings (SSSR count). The second kappa shape index (κ2) is 9.93. The summed E-state index contributed by atoms with van der Waals surface area (Å²) >= 11 is 0. The van der Waals surface area contributed by atoms with Crippen LogP contribution < -0.4 is 21.3 Å². The van der Waals surface area contributed by atoms with Gasteiger partial charge in [0.25, 0.3) is 5.91 Å². The number of nitrogens with zero attached hydrogens (tertiary/aromatic N) is 4. The van der Waals surface area contributed by atoms with E-state index in [4.69, 9.17) is 4.42 Å². The first kappa shape index (κ1) is 23.7. The van der Waals surface area contributed by atoms with Gasteiger partial charge >= 0.3 is 0 Å². The van der Waals surface area contributed by atoms with Gasteiger partial charge in [0.1, 0.15) is 5.58 Å². The van der Waals surface area contributed by atoms with E-state index in [2.05, 4.69) is 36.3 Å². The van der Waals surface area contributed by atoms with Crippen LogP contribution in [0, 0.1) is 5.82 Å². The molecule has 12 heteroatoms. The van der Waals surface area contributed by atoms with Crippen LogP contribution in [0.2, 0.25) is 0 Å². The maximum atomic E-state index is 14.5. The Labute approximate surface area is 210 Å². The number of rotatable bonds is 8. The number of amides is 2. The lowest BCUT2D eigenvalue weighted by molar-refractivity contribution is -0.120. The van der Waals surface area contributed by atoms with Crippen molar-refractivity contribution in [2.75, 3.05) is 24.7 Å². The third-order valence-corrected chi connectivity index (χ3v) is 5.70. The molecule has 5 aromatic rings. The number of furan rings is 1. The Hall–Kier alpha value is -5.00. The summed E-state index contributed by atoms with van der Waals surface area (Å²) < 4.78 is 21.8. The highest BCUT2D eigenvalue weighted by atomic mass is 19.1. The van der Waals surface area contributed by atoms with Gasteiger partial charge in [-0.3, -0.25) is 14.3 Å². The Kier molecular flexibility index (Phi) is 6.37. The first-order valence-electron chi connectivity index (χ1n) is 11.4. The summed E-state index contributed by atoms with van der Waals surface area (Å²) in [6, 6.07) is 12.3. The molecule has 3 aromatic heterocycles. The molecule has 2 amide bonds. The fraction of sp³-hybridized carbons (Fsp3) is 0.160. The van der Waals surface area contributed by atoms with Gasteiger partial charge in [-0.05, 0) is 42.5 Å². The SMILES string of the molecule is CNC(=O)CCn1ncc2ccc(Nc3ncc(F)c(Nc4ccc5oc(C(=O)NC)cc5c4)n3)cc21. The number of benzene rings is 2. The van der Waals surface area contributed by atoms with Crippen LogP contribution in [-0.2, 0) is 11.3 Å². The zero-order chi connectivity index (χ0) is 25.9. The van der Waals surface area contributed by atoms with E-state index in [0.29, 0.717) is 35.3 Å². The standard InChI is InChI=1S/C25H23FN8O3/c1-27-22(35)7-8-34-19-11-17(4-3-14(19)12-30-34)32-25-29-13-18(26)23(33-25)31-16-5-6-20-15(9-16)10-21(37-20)24(36)28-2/h3-6,9-13H,7-8H2,1-2H3,(H,27,35)(H,28,36)(H2,29,31,32,33). The van der Waals surface area contributed by atoms with Crippen molar-refractivity contribution in [3.63, 3.8) is 0 Å². The Morgan fingerprint density at radius 2 is 1.78 bits per heavy atom. The fourth-order valence-corrected chi connectivity index (χ4v) is 3.80. The number of hydrogen-bond donors (Lipinski definition) is 4. The molecule has 4 N–H and O–H groups in total. The first-order chi connectivity index (χ1) is 17.9. The summed E-state index contributed by atoms with van der Waals surface area (Å²) in [6.45, 7) is 0.430. The van der Waals surface area contributed by atoms with E-state index in [1.165, 1.54) is 7.05 Å². The van der Waals surface area contributed by atoms with E-state index in [1.54, 1.807) is 42.2 Å². The molecule has 0 spiro atoms. The average molecular weight is 503 g/mol. The minimum Gasteiger partial charge on any atom is -0.451 e. The van der Waals surface area contributed by atoms with Crippen molar-refractivity contribution >= 4 is 56.8 Å². The zero-order valence-electron chi connectivity index (χ0n) is 20.0. The maximum Gasteiger partial charge on any atom is 0.286 e. The highest BCUT2D eigenvalue weighted by molar-refractivity contribution is 5.96. The van der Waals surface area contributed by atoms with Crippen LogP contribution in [0.1, 0.15) is 17.0 Å². The molecular formula is C25H23FN8O3. The molecule has 3 heterocycles. The summed E-state index contributed by atoms with van der Waals surface area (Å²) in [5, 5.41) is 17.1. The van der Waals surface area contributed by atoms with E-state index in [1.807, 2.05) is 18.2 Å². The molecule has 0 radical (unpaired) electrons. The Morgan fingerprint density at radius 3 is 2.59 bits per heavy atom. The molecule has 0 bridgehead atoms. The van der Waals surface area contributed by atoms with Gasteiger partial charge in [0.15, 0.2) is 17.4 Å². The normalized spacial score (nSPS) is 11.0. The average Bonchev–Trinajstić information content (AvgIpc) is 3.52. The highest BCUT2D eigenvalue weighted by Gasteiger charge is 2.13. The van der Waals surface area contributed by atoms with Gasteiger partial charge in [-0.2, -0.15) is 10.1 Å². The van der Waals surface area contributed by atoms with Crippen molar-refractivity contribution in [3.8, 4) is 0 Å². The van der Waals surface area contributed by atoms with E-state index in [-0.39, 0.29) is 29.3 Å². The van der Waals surface area contributed by atoms with Crippen molar-refractivity contribution < 1.29 is 18.4 Å². The third kappa shape index (κ3) is 5.03. The second-order valence-electron chi connectivity index (χ2n) is 8.15. The number of nitrogens with one attached hydrogen (secondary N) is 4. The molecule has 37 heavy (non-hydrogen) atoms. The van der Waals surface area contributed by atoms with Crippen molar-refractivity contribution in [1.29, 1.82) is 0 Å². The lowest BCUT2D eigenvalue weighted by Crippen LogP contribution is -2.19. The van der Waals surface area contributed by atoms with Gasteiger partial charge in [-0.1, -0.05) is 0 Å². The van der Waals surface area contributed by atoms with Crippen LogP contribution >= 0.6 is 0 Å². The van der Waals surface area contributed by atoms with Crippen molar-refractivity contribution in [2.45, 2.75) is 13.0 Å². The van der Waals surface area contributed by atoms with Gasteiger partial charge in [-0.25, -0.2) is 9.37 Å². The van der Waals surface area contributed by atoms with Crippen molar-refractivity contribution in [1.82, 2.24) is 30.4 Å². The number of anilines is 4. The number of halogens is 1. The summed E-state index contributed by atoms with van der Waals surface area (Å²) in [6.07, 6.45) is 3.11. The molecule has 11 nitrogen and oxygen atoms in total. The predicted octanol–water partition coefficient (Wildman–Crippen LogP) is 3.69. The molecule has 188 valence electrons. The molecule has 0 aliphatic carbocycles. The molecule has 0 unspecified atom stereocenters. The van der Waals surface area contributed by atoms with E-state index in [9.17, 15) is 14.0 Å². The zero-order valence-corrected chi connectivity index (χ0v) is 20.0. The van der Waals surface area contributed by atoms with Crippen LogP contribution in [0.15, 0.2) is 59.3 Å². The second-order valence-corrected chi connectivity index (χ2v) is 8.15. The molecular weight excluding hydrogens is 479 g/mol. The van der Waals surface area contributed by atoms with Crippen LogP contribution in [0.3, 0.4) is 0 Å². The Balaban J connectivity index is 1.35. The highest BCUT2D eigenvalue weighted by Crippen LogP contribution is 2.27. The van der Waals surface area contributed by atoms with Gasteiger partial charge < -0.3 is 25.7 Å². The first-order valence-corrected chi connectivity index (χ1v) is 11.4.